The number of rotatable bonds is 16. The highest BCUT2D eigenvalue weighted by atomic mass is 16.5. The van der Waals surface area contributed by atoms with E-state index in [2.05, 4.69) is 30.9 Å². The topological polar surface area (TPSA) is 36.9 Å². The SMILES string of the molecule is CCCCCC#Cc1ccc(OCCCCCCCCc2c(OC)cc(OC)cc2OC)cc1. The van der Waals surface area contributed by atoms with Crippen molar-refractivity contribution >= 4 is 0 Å². The van der Waals surface area contributed by atoms with Crippen molar-refractivity contribution in [2.75, 3.05) is 27.9 Å². The second kappa shape index (κ2) is 16.8. The van der Waals surface area contributed by atoms with Crippen LogP contribution < -0.4 is 18.9 Å². The van der Waals surface area contributed by atoms with E-state index in [0.29, 0.717) is 0 Å². The maximum atomic E-state index is 5.89. The molecule has 0 heterocycles. The van der Waals surface area contributed by atoms with Crippen molar-refractivity contribution in [3.05, 3.63) is 47.5 Å². The zero-order valence-electron chi connectivity index (χ0n) is 21.6. The van der Waals surface area contributed by atoms with E-state index in [1.165, 1.54) is 44.9 Å². The van der Waals surface area contributed by atoms with Crippen molar-refractivity contribution in [2.45, 2.75) is 77.6 Å². The standard InChI is InChI=1S/C30H42O4/c1-5-6-7-10-13-16-25-18-20-26(21-19-25)34-22-15-12-9-8-11-14-17-28-29(32-3)23-27(31-2)24-30(28)33-4/h18-21,23-24H,5-12,14-15,17,22H2,1-4H3. The van der Waals surface area contributed by atoms with Gasteiger partial charge < -0.3 is 18.9 Å². The summed E-state index contributed by atoms with van der Waals surface area (Å²) in [7, 11) is 5.04. The highest BCUT2D eigenvalue weighted by Gasteiger charge is 2.12. The molecule has 0 bridgehead atoms. The van der Waals surface area contributed by atoms with Gasteiger partial charge in [0.05, 0.1) is 27.9 Å². The number of hydrogen-bond acceptors (Lipinski definition) is 4. The molecular formula is C30H42O4. The first kappa shape index (κ1) is 27.4. The molecule has 0 aliphatic heterocycles. The predicted octanol–water partition coefficient (Wildman–Crippen LogP) is 7.61. The van der Waals surface area contributed by atoms with Crippen LogP contribution in [0, 0.1) is 11.8 Å². The van der Waals surface area contributed by atoms with Crippen molar-refractivity contribution in [1.82, 2.24) is 0 Å². The summed E-state index contributed by atoms with van der Waals surface area (Å²) in [5.74, 6) is 9.84. The van der Waals surface area contributed by atoms with Crippen molar-refractivity contribution < 1.29 is 18.9 Å². The van der Waals surface area contributed by atoms with E-state index in [1.54, 1.807) is 21.3 Å². The van der Waals surface area contributed by atoms with Gasteiger partial charge in [-0.15, -0.1) is 0 Å². The van der Waals surface area contributed by atoms with Gasteiger partial charge in [-0.1, -0.05) is 57.3 Å². The fourth-order valence-electron chi connectivity index (χ4n) is 3.89. The maximum Gasteiger partial charge on any atom is 0.129 e. The molecule has 0 N–H and O–H groups in total. The Morgan fingerprint density at radius 1 is 0.676 bits per heavy atom. The average molecular weight is 467 g/mol. The predicted molar refractivity (Wildman–Crippen MR) is 140 cm³/mol. The lowest BCUT2D eigenvalue weighted by Gasteiger charge is -2.15. The molecule has 0 spiro atoms. The quantitative estimate of drug-likeness (QED) is 0.188. The normalized spacial score (nSPS) is 10.4. The molecule has 0 aromatic heterocycles. The molecule has 0 atom stereocenters. The summed E-state index contributed by atoms with van der Waals surface area (Å²) in [4.78, 5) is 0. The van der Waals surface area contributed by atoms with E-state index in [-0.39, 0.29) is 0 Å². The van der Waals surface area contributed by atoms with Crippen LogP contribution in [-0.2, 0) is 6.42 Å². The maximum absolute atomic E-state index is 5.89. The second-order valence-electron chi connectivity index (χ2n) is 8.51. The van der Waals surface area contributed by atoms with E-state index >= 15 is 0 Å². The minimum absolute atomic E-state index is 0.752. The molecule has 4 heteroatoms. The summed E-state index contributed by atoms with van der Waals surface area (Å²) in [6, 6.07) is 12.0. The van der Waals surface area contributed by atoms with Gasteiger partial charge in [0.15, 0.2) is 0 Å². The zero-order valence-corrected chi connectivity index (χ0v) is 21.6. The molecule has 2 aromatic carbocycles. The lowest BCUT2D eigenvalue weighted by molar-refractivity contribution is 0.304. The Morgan fingerprint density at radius 3 is 1.94 bits per heavy atom. The van der Waals surface area contributed by atoms with Crippen LogP contribution in [0.5, 0.6) is 23.0 Å². The average Bonchev–Trinajstić information content (AvgIpc) is 2.88. The van der Waals surface area contributed by atoms with Crippen molar-refractivity contribution in [2.24, 2.45) is 0 Å². The Hall–Kier alpha value is -2.80. The van der Waals surface area contributed by atoms with E-state index in [9.17, 15) is 0 Å². The summed E-state index contributed by atoms with van der Waals surface area (Å²) < 4.78 is 22.3. The number of benzene rings is 2. The van der Waals surface area contributed by atoms with E-state index in [4.69, 9.17) is 18.9 Å². The van der Waals surface area contributed by atoms with Gasteiger partial charge in [0.1, 0.15) is 23.0 Å². The summed E-state index contributed by atoms with van der Waals surface area (Å²) in [6.45, 7) is 2.98. The lowest BCUT2D eigenvalue weighted by Crippen LogP contribution is -1.99. The van der Waals surface area contributed by atoms with Gasteiger partial charge in [0.25, 0.3) is 0 Å². The summed E-state index contributed by atoms with van der Waals surface area (Å²) in [5.41, 5.74) is 2.18. The van der Waals surface area contributed by atoms with Crippen LogP contribution in [0.2, 0.25) is 0 Å². The molecule has 0 aliphatic rings. The molecule has 186 valence electrons. The Balaban J connectivity index is 1.58. The number of hydrogen-bond donors (Lipinski definition) is 0. The van der Waals surface area contributed by atoms with Crippen LogP contribution in [-0.4, -0.2) is 27.9 Å². The fourth-order valence-corrected chi connectivity index (χ4v) is 3.89. The van der Waals surface area contributed by atoms with Crippen LogP contribution in [0.25, 0.3) is 0 Å². The minimum atomic E-state index is 0.752. The van der Waals surface area contributed by atoms with E-state index in [1.807, 2.05) is 24.3 Å². The number of unbranched alkanes of at least 4 members (excludes halogenated alkanes) is 8. The van der Waals surface area contributed by atoms with Crippen LogP contribution in [0.3, 0.4) is 0 Å². The van der Waals surface area contributed by atoms with Crippen LogP contribution in [0.15, 0.2) is 36.4 Å². The van der Waals surface area contributed by atoms with Gasteiger partial charge in [0.2, 0.25) is 0 Å². The first-order chi connectivity index (χ1) is 16.7. The molecular weight excluding hydrogens is 424 g/mol. The summed E-state index contributed by atoms with van der Waals surface area (Å²) in [5, 5.41) is 0. The number of ether oxygens (including phenoxy) is 4. The van der Waals surface area contributed by atoms with E-state index in [0.717, 1.165) is 66.4 Å². The van der Waals surface area contributed by atoms with Gasteiger partial charge in [-0.05, 0) is 49.9 Å². The molecule has 0 radical (unpaired) electrons. The zero-order chi connectivity index (χ0) is 24.4. The Morgan fingerprint density at radius 2 is 1.32 bits per heavy atom. The minimum Gasteiger partial charge on any atom is -0.496 e. The monoisotopic (exact) mass is 466 g/mol. The van der Waals surface area contributed by atoms with Crippen molar-refractivity contribution in [1.29, 1.82) is 0 Å². The molecule has 0 aliphatic carbocycles. The molecule has 0 unspecified atom stereocenters. The third-order valence-corrected chi connectivity index (χ3v) is 5.90. The highest BCUT2D eigenvalue weighted by molar-refractivity contribution is 5.50. The van der Waals surface area contributed by atoms with Gasteiger partial charge in [-0.25, -0.2) is 0 Å². The van der Waals surface area contributed by atoms with Crippen molar-refractivity contribution in [3.63, 3.8) is 0 Å². The van der Waals surface area contributed by atoms with Crippen LogP contribution in [0.1, 0.15) is 82.3 Å². The van der Waals surface area contributed by atoms with Gasteiger partial charge >= 0.3 is 0 Å². The Kier molecular flexibility index (Phi) is 13.5. The van der Waals surface area contributed by atoms with Crippen LogP contribution in [0.4, 0.5) is 0 Å². The molecule has 0 fully saturated rings. The largest absolute Gasteiger partial charge is 0.496 e. The molecule has 0 amide bonds. The van der Waals surface area contributed by atoms with Gasteiger partial charge in [0, 0.05) is 29.7 Å². The first-order valence-electron chi connectivity index (χ1n) is 12.7. The molecule has 2 aromatic rings. The fraction of sp³-hybridized carbons (Fsp3) is 0.533. The Labute approximate surface area is 207 Å². The second-order valence-corrected chi connectivity index (χ2v) is 8.51. The molecule has 0 saturated carbocycles. The first-order valence-corrected chi connectivity index (χ1v) is 12.7. The third-order valence-electron chi connectivity index (χ3n) is 5.90. The molecule has 34 heavy (non-hydrogen) atoms. The third kappa shape index (κ3) is 10.00. The highest BCUT2D eigenvalue weighted by Crippen LogP contribution is 2.35. The number of methoxy groups -OCH3 is 3. The van der Waals surface area contributed by atoms with Crippen LogP contribution >= 0.6 is 0 Å². The Bertz CT molecular complexity index is 852. The summed E-state index contributed by atoms with van der Waals surface area (Å²) in [6.07, 6.45) is 12.7. The molecule has 2 rings (SSSR count). The van der Waals surface area contributed by atoms with Gasteiger partial charge in [-0.2, -0.15) is 0 Å². The summed E-state index contributed by atoms with van der Waals surface area (Å²) >= 11 is 0. The molecule has 0 saturated heterocycles. The lowest BCUT2D eigenvalue weighted by atomic mass is 10.0. The van der Waals surface area contributed by atoms with E-state index < -0.39 is 0 Å². The van der Waals surface area contributed by atoms with Crippen molar-refractivity contribution in [3.8, 4) is 34.8 Å². The van der Waals surface area contributed by atoms with Gasteiger partial charge in [-0.3, -0.25) is 0 Å². The smallest absolute Gasteiger partial charge is 0.129 e. The molecule has 4 nitrogen and oxygen atoms in total.